The van der Waals surface area contributed by atoms with E-state index in [2.05, 4.69) is 21.4 Å². The maximum Gasteiger partial charge on any atom is 0.163 e. The molecule has 0 bridgehead atoms. The van der Waals surface area contributed by atoms with Crippen molar-refractivity contribution in [2.45, 2.75) is 6.54 Å². The summed E-state index contributed by atoms with van der Waals surface area (Å²) in [5.41, 5.74) is 3.21. The van der Waals surface area contributed by atoms with E-state index in [-0.39, 0.29) is 0 Å². The highest BCUT2D eigenvalue weighted by atomic mass is 14.9. The number of nitriles is 1. The van der Waals surface area contributed by atoms with Gasteiger partial charge < -0.3 is 5.32 Å². The van der Waals surface area contributed by atoms with Crippen molar-refractivity contribution in [3.8, 4) is 6.07 Å². The zero-order valence-electron chi connectivity index (χ0n) is 10.7. The van der Waals surface area contributed by atoms with Gasteiger partial charge in [-0.1, -0.05) is 24.3 Å². The first kappa shape index (κ1) is 12.1. The van der Waals surface area contributed by atoms with Gasteiger partial charge in [0.25, 0.3) is 0 Å². The van der Waals surface area contributed by atoms with Crippen molar-refractivity contribution in [1.29, 1.82) is 5.26 Å². The fourth-order valence-electron chi connectivity index (χ4n) is 2.14. The van der Waals surface area contributed by atoms with Crippen LogP contribution in [0.25, 0.3) is 10.9 Å². The van der Waals surface area contributed by atoms with Gasteiger partial charge in [-0.25, -0.2) is 4.98 Å². The number of benzene rings is 1. The molecule has 0 fully saturated rings. The summed E-state index contributed by atoms with van der Waals surface area (Å²) < 4.78 is 0. The van der Waals surface area contributed by atoms with Gasteiger partial charge in [0.2, 0.25) is 0 Å². The van der Waals surface area contributed by atoms with Crippen LogP contribution in [0.5, 0.6) is 0 Å². The molecular weight excluding hydrogens is 248 g/mol. The minimum Gasteiger partial charge on any atom is -0.379 e. The van der Waals surface area contributed by atoms with Crippen LogP contribution in [0.4, 0.5) is 5.69 Å². The first-order valence-corrected chi connectivity index (χ1v) is 6.30. The predicted molar refractivity (Wildman–Crippen MR) is 78.0 cm³/mol. The maximum atomic E-state index is 9.02. The molecule has 96 valence electrons. The van der Waals surface area contributed by atoms with Gasteiger partial charge in [-0.05, 0) is 23.8 Å². The van der Waals surface area contributed by atoms with Gasteiger partial charge >= 0.3 is 0 Å². The van der Waals surface area contributed by atoms with Gasteiger partial charge in [0.05, 0.1) is 11.2 Å². The maximum absolute atomic E-state index is 9.02. The average molecular weight is 260 g/mol. The molecule has 0 aliphatic carbocycles. The van der Waals surface area contributed by atoms with E-state index in [9.17, 15) is 0 Å². The quantitative estimate of drug-likeness (QED) is 0.786. The van der Waals surface area contributed by atoms with Crippen LogP contribution in [-0.2, 0) is 6.54 Å². The van der Waals surface area contributed by atoms with Gasteiger partial charge in [0.15, 0.2) is 5.69 Å². The smallest absolute Gasteiger partial charge is 0.163 e. The summed E-state index contributed by atoms with van der Waals surface area (Å²) in [6, 6.07) is 15.8. The van der Waals surface area contributed by atoms with Crippen molar-refractivity contribution in [2.24, 2.45) is 0 Å². The Kier molecular flexibility index (Phi) is 3.25. The molecule has 3 rings (SSSR count). The number of pyridine rings is 2. The lowest BCUT2D eigenvalue weighted by molar-refractivity contribution is 1.13. The normalized spacial score (nSPS) is 10.2. The van der Waals surface area contributed by atoms with Crippen molar-refractivity contribution in [1.82, 2.24) is 9.97 Å². The predicted octanol–water partition coefficient (Wildman–Crippen LogP) is 3.11. The SMILES string of the molecule is N#Cc1ncccc1NCc1cccc2cccnc12. The first-order valence-electron chi connectivity index (χ1n) is 6.30. The zero-order chi connectivity index (χ0) is 13.8. The van der Waals surface area contributed by atoms with Crippen molar-refractivity contribution >= 4 is 16.6 Å². The molecule has 0 amide bonds. The molecule has 0 aliphatic rings. The fourth-order valence-corrected chi connectivity index (χ4v) is 2.14. The van der Waals surface area contributed by atoms with Gasteiger partial charge in [-0.3, -0.25) is 4.98 Å². The monoisotopic (exact) mass is 260 g/mol. The molecule has 0 spiro atoms. The van der Waals surface area contributed by atoms with Crippen molar-refractivity contribution < 1.29 is 0 Å². The van der Waals surface area contributed by atoms with Crippen LogP contribution in [0.2, 0.25) is 0 Å². The second-order valence-corrected chi connectivity index (χ2v) is 4.36. The lowest BCUT2D eigenvalue weighted by atomic mass is 10.1. The van der Waals surface area contributed by atoms with Crippen molar-refractivity contribution in [3.63, 3.8) is 0 Å². The summed E-state index contributed by atoms with van der Waals surface area (Å²) >= 11 is 0. The Morgan fingerprint density at radius 1 is 1.00 bits per heavy atom. The number of fused-ring (bicyclic) bond motifs is 1. The van der Waals surface area contributed by atoms with Gasteiger partial charge in [0.1, 0.15) is 6.07 Å². The molecule has 0 radical (unpaired) electrons. The summed E-state index contributed by atoms with van der Waals surface area (Å²) in [7, 11) is 0. The number of anilines is 1. The lowest BCUT2D eigenvalue weighted by Crippen LogP contribution is -2.03. The largest absolute Gasteiger partial charge is 0.379 e. The number of nitrogens with zero attached hydrogens (tertiary/aromatic N) is 3. The molecule has 4 nitrogen and oxygen atoms in total. The first-order chi connectivity index (χ1) is 9.88. The molecule has 3 aromatic rings. The highest BCUT2D eigenvalue weighted by Crippen LogP contribution is 2.18. The van der Waals surface area contributed by atoms with E-state index in [1.807, 2.05) is 42.5 Å². The van der Waals surface area contributed by atoms with E-state index in [0.29, 0.717) is 12.2 Å². The molecule has 0 unspecified atom stereocenters. The number of hydrogen-bond donors (Lipinski definition) is 1. The molecule has 4 heteroatoms. The second-order valence-electron chi connectivity index (χ2n) is 4.36. The second kappa shape index (κ2) is 5.37. The third kappa shape index (κ3) is 2.29. The van der Waals surface area contributed by atoms with Crippen LogP contribution in [-0.4, -0.2) is 9.97 Å². The molecule has 0 saturated carbocycles. The standard InChI is InChI=1S/C16H12N4/c17-10-15-14(7-3-8-18-15)20-11-13-5-1-4-12-6-2-9-19-16(12)13/h1-9,20H,11H2. The fraction of sp³-hybridized carbons (Fsp3) is 0.0625. The Balaban J connectivity index is 1.89. The summed E-state index contributed by atoms with van der Waals surface area (Å²) in [5, 5.41) is 13.4. The van der Waals surface area contributed by atoms with Gasteiger partial charge in [-0.15, -0.1) is 0 Å². The van der Waals surface area contributed by atoms with E-state index in [1.54, 1.807) is 12.4 Å². The molecule has 1 N–H and O–H groups in total. The molecule has 1 aromatic carbocycles. The van der Waals surface area contributed by atoms with Crippen molar-refractivity contribution in [2.75, 3.05) is 5.32 Å². The van der Waals surface area contributed by atoms with Crippen LogP contribution in [0, 0.1) is 11.3 Å². The Labute approximate surface area is 116 Å². The number of hydrogen-bond acceptors (Lipinski definition) is 4. The Hall–Kier alpha value is -2.93. The molecule has 2 aromatic heterocycles. The highest BCUT2D eigenvalue weighted by Gasteiger charge is 2.04. The minimum absolute atomic E-state index is 0.403. The topological polar surface area (TPSA) is 61.6 Å². The van der Waals surface area contributed by atoms with Crippen LogP contribution < -0.4 is 5.32 Å². The molecule has 0 atom stereocenters. The number of aromatic nitrogens is 2. The van der Waals surface area contributed by atoms with E-state index < -0.39 is 0 Å². The lowest BCUT2D eigenvalue weighted by Gasteiger charge is -2.09. The Morgan fingerprint density at radius 2 is 1.80 bits per heavy atom. The molecule has 20 heavy (non-hydrogen) atoms. The van der Waals surface area contributed by atoms with Gasteiger partial charge in [0, 0.05) is 24.3 Å². The third-order valence-corrected chi connectivity index (χ3v) is 3.10. The number of nitrogens with one attached hydrogen (secondary N) is 1. The Bertz CT molecular complexity index is 784. The molecule has 0 aliphatic heterocycles. The molecule has 2 heterocycles. The zero-order valence-corrected chi connectivity index (χ0v) is 10.7. The van der Waals surface area contributed by atoms with E-state index in [4.69, 9.17) is 5.26 Å². The minimum atomic E-state index is 0.403. The molecular formula is C16H12N4. The summed E-state index contributed by atoms with van der Waals surface area (Å²) in [6.45, 7) is 0.606. The average Bonchev–Trinajstić information content (AvgIpc) is 2.53. The van der Waals surface area contributed by atoms with Crippen LogP contribution in [0.1, 0.15) is 11.3 Å². The van der Waals surface area contributed by atoms with E-state index in [1.165, 1.54) is 0 Å². The van der Waals surface area contributed by atoms with Gasteiger partial charge in [-0.2, -0.15) is 5.26 Å². The highest BCUT2D eigenvalue weighted by molar-refractivity contribution is 5.81. The summed E-state index contributed by atoms with van der Waals surface area (Å²) in [5.74, 6) is 0. The molecule has 0 saturated heterocycles. The van der Waals surface area contributed by atoms with Crippen LogP contribution in [0.15, 0.2) is 54.9 Å². The van der Waals surface area contributed by atoms with E-state index >= 15 is 0 Å². The number of rotatable bonds is 3. The van der Waals surface area contributed by atoms with Crippen molar-refractivity contribution in [3.05, 3.63) is 66.1 Å². The third-order valence-electron chi connectivity index (χ3n) is 3.10. The summed E-state index contributed by atoms with van der Waals surface area (Å²) in [4.78, 5) is 8.45. The number of para-hydroxylation sites is 1. The van der Waals surface area contributed by atoms with Crippen LogP contribution >= 0.6 is 0 Å². The summed E-state index contributed by atoms with van der Waals surface area (Å²) in [6.07, 6.45) is 3.40. The van der Waals surface area contributed by atoms with Crippen LogP contribution in [0.3, 0.4) is 0 Å². The Morgan fingerprint density at radius 3 is 2.70 bits per heavy atom. The van der Waals surface area contributed by atoms with E-state index in [0.717, 1.165) is 22.2 Å².